The second-order valence-corrected chi connectivity index (χ2v) is 9.47. The Morgan fingerprint density at radius 2 is 1.62 bits per heavy atom. The highest BCUT2D eigenvalue weighted by Crippen LogP contribution is 2.16. The molecule has 156 valence electrons. The first-order valence-corrected chi connectivity index (χ1v) is 11.5. The third-order valence-electron chi connectivity index (χ3n) is 5.28. The summed E-state index contributed by atoms with van der Waals surface area (Å²) in [5.41, 5.74) is 1.04. The fraction of sp³-hybridized carbons (Fsp3) is 0.409. The second kappa shape index (κ2) is 10.0. The van der Waals surface area contributed by atoms with E-state index in [1.807, 2.05) is 30.3 Å². The van der Waals surface area contributed by atoms with Crippen molar-refractivity contribution in [1.29, 1.82) is 0 Å². The number of rotatable bonds is 8. The first-order chi connectivity index (χ1) is 13.9. The van der Waals surface area contributed by atoms with Gasteiger partial charge in [-0.1, -0.05) is 48.5 Å². The maximum absolute atomic E-state index is 13.2. The van der Waals surface area contributed by atoms with Gasteiger partial charge >= 0.3 is 0 Å². The van der Waals surface area contributed by atoms with Crippen LogP contribution in [0.4, 0.5) is 0 Å². The number of likely N-dealkylation sites (tertiary alicyclic amines) is 1. The summed E-state index contributed by atoms with van der Waals surface area (Å²) >= 11 is 0. The summed E-state index contributed by atoms with van der Waals surface area (Å²) < 4.78 is 27.6. The van der Waals surface area contributed by atoms with Crippen molar-refractivity contribution in [3.63, 3.8) is 0 Å². The first kappa shape index (κ1) is 21.5. The molecule has 2 aromatic rings. The molecule has 0 bridgehead atoms. The molecule has 0 atom stereocenters. The largest absolute Gasteiger partial charge is 0.352 e. The lowest BCUT2D eigenvalue weighted by atomic mass is 10.1. The molecule has 0 unspecified atom stereocenters. The lowest BCUT2D eigenvalue weighted by molar-refractivity contribution is -0.122. The smallest absolute Gasteiger partial charge is 0.243 e. The molecular weight excluding hydrogens is 386 g/mol. The zero-order chi connectivity index (χ0) is 20.7. The van der Waals surface area contributed by atoms with Gasteiger partial charge in [-0.3, -0.25) is 4.79 Å². The van der Waals surface area contributed by atoms with Gasteiger partial charge in [0.05, 0.1) is 11.4 Å². The second-order valence-electron chi connectivity index (χ2n) is 7.53. The Morgan fingerprint density at radius 1 is 1.03 bits per heavy atom. The van der Waals surface area contributed by atoms with Gasteiger partial charge in [0.1, 0.15) is 0 Å². The molecule has 0 radical (unpaired) electrons. The van der Waals surface area contributed by atoms with Crippen LogP contribution in [0, 0.1) is 0 Å². The van der Waals surface area contributed by atoms with Gasteiger partial charge in [-0.2, -0.15) is 4.31 Å². The van der Waals surface area contributed by atoms with Crippen molar-refractivity contribution in [2.45, 2.75) is 30.2 Å². The highest BCUT2D eigenvalue weighted by atomic mass is 32.2. The molecule has 3 rings (SSSR count). The van der Waals surface area contributed by atoms with Crippen LogP contribution in [0.15, 0.2) is 65.6 Å². The predicted octanol–water partition coefficient (Wildman–Crippen LogP) is 2.13. The lowest BCUT2D eigenvalue weighted by Gasteiger charge is -2.30. The van der Waals surface area contributed by atoms with E-state index >= 15 is 0 Å². The number of piperidine rings is 1. The maximum Gasteiger partial charge on any atom is 0.243 e. The Bertz CT molecular complexity index is 880. The number of hydrogen-bond acceptors (Lipinski definition) is 4. The van der Waals surface area contributed by atoms with E-state index in [0.29, 0.717) is 6.42 Å². The van der Waals surface area contributed by atoms with E-state index in [1.165, 1.54) is 4.31 Å². The minimum atomic E-state index is -3.75. The molecule has 0 aromatic heterocycles. The Morgan fingerprint density at radius 3 is 2.24 bits per heavy atom. The van der Waals surface area contributed by atoms with E-state index in [2.05, 4.69) is 17.3 Å². The van der Waals surface area contributed by atoms with Crippen molar-refractivity contribution in [1.82, 2.24) is 14.5 Å². The summed E-state index contributed by atoms with van der Waals surface area (Å²) in [7, 11) is -1.69. The number of sulfonamides is 1. The Balaban J connectivity index is 1.70. The third kappa shape index (κ3) is 6.13. The average Bonchev–Trinajstić information content (AvgIpc) is 2.74. The lowest BCUT2D eigenvalue weighted by Crippen LogP contribution is -2.48. The standard InChI is InChI=1S/C22H29N3O3S/c1-24-15-13-20(14-16-24)23-22(26)18-25(17-12-19-8-4-2-5-9-19)29(27,28)21-10-6-3-7-11-21/h2-11,20H,12-18H2,1H3,(H,23,26). The molecule has 1 saturated heterocycles. The van der Waals surface area contributed by atoms with Crippen molar-refractivity contribution in [3.05, 3.63) is 66.2 Å². The van der Waals surface area contributed by atoms with Crippen molar-refractivity contribution >= 4 is 15.9 Å². The van der Waals surface area contributed by atoms with Gasteiger partial charge in [0.2, 0.25) is 15.9 Å². The monoisotopic (exact) mass is 415 g/mol. The summed E-state index contributed by atoms with van der Waals surface area (Å²) in [5.74, 6) is -0.243. The molecule has 1 aliphatic rings. The highest BCUT2D eigenvalue weighted by molar-refractivity contribution is 7.89. The molecule has 0 aliphatic carbocycles. The van der Waals surface area contributed by atoms with Crippen LogP contribution in [0.3, 0.4) is 0 Å². The summed E-state index contributed by atoms with van der Waals surface area (Å²) in [4.78, 5) is 15.1. The van der Waals surface area contributed by atoms with Crippen LogP contribution in [-0.2, 0) is 21.2 Å². The summed E-state index contributed by atoms with van der Waals surface area (Å²) in [6, 6.07) is 18.1. The molecule has 29 heavy (non-hydrogen) atoms. The van der Waals surface area contributed by atoms with Crippen LogP contribution in [0.2, 0.25) is 0 Å². The van der Waals surface area contributed by atoms with Crippen molar-refractivity contribution in [2.24, 2.45) is 0 Å². The molecule has 1 aliphatic heterocycles. The summed E-state index contributed by atoms with van der Waals surface area (Å²) in [5, 5.41) is 3.02. The van der Waals surface area contributed by atoms with E-state index < -0.39 is 10.0 Å². The first-order valence-electron chi connectivity index (χ1n) is 10.0. The minimum Gasteiger partial charge on any atom is -0.352 e. The molecule has 1 amide bonds. The number of amides is 1. The maximum atomic E-state index is 13.2. The Kier molecular flexibility index (Phi) is 7.41. The molecule has 1 fully saturated rings. The van der Waals surface area contributed by atoms with E-state index in [-0.39, 0.29) is 29.9 Å². The summed E-state index contributed by atoms with van der Waals surface area (Å²) in [6.45, 7) is 1.95. The van der Waals surface area contributed by atoms with Gasteiger partial charge in [-0.15, -0.1) is 0 Å². The number of hydrogen-bond donors (Lipinski definition) is 1. The van der Waals surface area contributed by atoms with Crippen molar-refractivity contribution in [2.75, 3.05) is 33.2 Å². The molecule has 6 nitrogen and oxygen atoms in total. The van der Waals surface area contributed by atoms with Crippen molar-refractivity contribution in [3.8, 4) is 0 Å². The number of nitrogens with zero attached hydrogens (tertiary/aromatic N) is 2. The van der Waals surface area contributed by atoms with Crippen LogP contribution < -0.4 is 5.32 Å². The minimum absolute atomic E-state index is 0.106. The fourth-order valence-corrected chi connectivity index (χ4v) is 4.93. The van der Waals surface area contributed by atoms with E-state index in [9.17, 15) is 13.2 Å². The fourth-order valence-electron chi connectivity index (χ4n) is 3.51. The van der Waals surface area contributed by atoms with Gasteiger partial charge in [-0.05, 0) is 57.1 Å². The SMILES string of the molecule is CN1CCC(NC(=O)CN(CCc2ccccc2)S(=O)(=O)c2ccccc2)CC1. The Hall–Kier alpha value is -2.22. The average molecular weight is 416 g/mol. The van der Waals surface area contributed by atoms with Gasteiger partial charge in [0.25, 0.3) is 0 Å². The molecule has 2 aromatic carbocycles. The van der Waals surface area contributed by atoms with Gasteiger partial charge in [-0.25, -0.2) is 8.42 Å². The molecule has 1 N–H and O–H groups in total. The van der Waals surface area contributed by atoms with Crippen molar-refractivity contribution < 1.29 is 13.2 Å². The van der Waals surface area contributed by atoms with Crippen LogP contribution in [-0.4, -0.2) is 62.8 Å². The number of benzene rings is 2. The normalized spacial score (nSPS) is 16.1. The van der Waals surface area contributed by atoms with Crippen LogP contribution >= 0.6 is 0 Å². The van der Waals surface area contributed by atoms with Gasteiger partial charge in [0, 0.05) is 12.6 Å². The van der Waals surface area contributed by atoms with Crippen LogP contribution in [0.25, 0.3) is 0 Å². The summed E-state index contributed by atoms with van der Waals surface area (Å²) in [6.07, 6.45) is 2.32. The molecule has 0 saturated carbocycles. The molecule has 1 heterocycles. The van der Waals surface area contributed by atoms with E-state index in [0.717, 1.165) is 31.5 Å². The number of carbonyl (C=O) groups is 1. The van der Waals surface area contributed by atoms with Crippen LogP contribution in [0.1, 0.15) is 18.4 Å². The van der Waals surface area contributed by atoms with E-state index in [1.54, 1.807) is 30.3 Å². The zero-order valence-corrected chi connectivity index (χ0v) is 17.6. The number of carbonyl (C=O) groups excluding carboxylic acids is 1. The van der Waals surface area contributed by atoms with Crippen LogP contribution in [0.5, 0.6) is 0 Å². The number of nitrogens with one attached hydrogen (secondary N) is 1. The molecule has 0 spiro atoms. The highest BCUT2D eigenvalue weighted by Gasteiger charge is 2.27. The molecular formula is C22H29N3O3S. The molecule has 7 heteroatoms. The quantitative estimate of drug-likeness (QED) is 0.717. The topological polar surface area (TPSA) is 69.7 Å². The van der Waals surface area contributed by atoms with Gasteiger partial charge < -0.3 is 10.2 Å². The van der Waals surface area contributed by atoms with E-state index in [4.69, 9.17) is 0 Å². The van der Waals surface area contributed by atoms with Gasteiger partial charge in [0.15, 0.2) is 0 Å². The zero-order valence-electron chi connectivity index (χ0n) is 16.8. The Labute approximate surface area is 173 Å². The third-order valence-corrected chi connectivity index (χ3v) is 7.14. The predicted molar refractivity (Wildman–Crippen MR) is 114 cm³/mol.